The highest BCUT2D eigenvalue weighted by Crippen LogP contribution is 2.31. The molecule has 2 heterocycles. The molecule has 0 radical (unpaired) electrons. The molecule has 1 unspecified atom stereocenters. The minimum atomic E-state index is -0.241. The summed E-state index contributed by atoms with van der Waals surface area (Å²) in [5.74, 6) is 0.209. The van der Waals surface area contributed by atoms with Gasteiger partial charge in [-0.2, -0.15) is 0 Å². The van der Waals surface area contributed by atoms with Crippen molar-refractivity contribution in [3.63, 3.8) is 0 Å². The predicted molar refractivity (Wildman–Crippen MR) is 82.3 cm³/mol. The van der Waals surface area contributed by atoms with Crippen molar-refractivity contribution in [2.24, 2.45) is 11.8 Å². The standard InChI is InChI=1S/C15H21N3O2S/c1-9(2)7-18-8-10(6-13(18)19)14(20)17-15-16-11-4-3-5-12(11)21-15/h9-10H,3-8H2,1-2H3,(H,16,17,20). The van der Waals surface area contributed by atoms with Crippen molar-refractivity contribution < 1.29 is 9.59 Å². The topological polar surface area (TPSA) is 62.3 Å². The van der Waals surface area contributed by atoms with Crippen molar-refractivity contribution >= 4 is 28.3 Å². The van der Waals surface area contributed by atoms with Crippen molar-refractivity contribution in [2.45, 2.75) is 39.5 Å². The molecule has 1 saturated heterocycles. The number of carbonyl (C=O) groups excluding carboxylic acids is 2. The number of amides is 2. The molecular weight excluding hydrogens is 286 g/mol. The Morgan fingerprint density at radius 1 is 1.48 bits per heavy atom. The molecule has 5 nitrogen and oxygen atoms in total. The zero-order valence-corrected chi connectivity index (χ0v) is 13.3. The van der Waals surface area contributed by atoms with Gasteiger partial charge in [0.25, 0.3) is 0 Å². The first-order valence-corrected chi connectivity index (χ1v) is 8.42. The summed E-state index contributed by atoms with van der Waals surface area (Å²) in [7, 11) is 0. The van der Waals surface area contributed by atoms with Crippen molar-refractivity contribution in [1.29, 1.82) is 0 Å². The Hall–Kier alpha value is -1.43. The fourth-order valence-corrected chi connectivity index (χ4v) is 4.07. The third kappa shape index (κ3) is 3.10. The van der Waals surface area contributed by atoms with Crippen LogP contribution in [0.15, 0.2) is 0 Å². The first-order valence-electron chi connectivity index (χ1n) is 7.60. The van der Waals surface area contributed by atoms with Crippen LogP contribution in [0.3, 0.4) is 0 Å². The van der Waals surface area contributed by atoms with Crippen LogP contribution >= 0.6 is 11.3 Å². The zero-order chi connectivity index (χ0) is 15.0. The Labute approximate surface area is 128 Å². The molecule has 0 aromatic carbocycles. The maximum absolute atomic E-state index is 12.3. The van der Waals surface area contributed by atoms with E-state index in [2.05, 4.69) is 24.1 Å². The van der Waals surface area contributed by atoms with Gasteiger partial charge < -0.3 is 10.2 Å². The summed E-state index contributed by atoms with van der Waals surface area (Å²) in [6, 6.07) is 0. The van der Waals surface area contributed by atoms with Crippen LogP contribution in [0.4, 0.5) is 5.13 Å². The van der Waals surface area contributed by atoms with Gasteiger partial charge in [0.1, 0.15) is 0 Å². The number of hydrogen-bond acceptors (Lipinski definition) is 4. The average molecular weight is 307 g/mol. The van der Waals surface area contributed by atoms with Gasteiger partial charge >= 0.3 is 0 Å². The van der Waals surface area contributed by atoms with E-state index in [4.69, 9.17) is 0 Å². The Bertz CT molecular complexity index is 546. The first-order chi connectivity index (χ1) is 10.0. The number of fused-ring (bicyclic) bond motifs is 1. The second-order valence-electron chi connectivity index (χ2n) is 6.33. The highest BCUT2D eigenvalue weighted by Gasteiger charge is 2.34. The van der Waals surface area contributed by atoms with Gasteiger partial charge in [-0.1, -0.05) is 13.8 Å². The summed E-state index contributed by atoms with van der Waals surface area (Å²) in [5.41, 5.74) is 1.14. The molecule has 1 N–H and O–H groups in total. The lowest BCUT2D eigenvalue weighted by Gasteiger charge is -2.18. The molecule has 0 spiro atoms. The van der Waals surface area contributed by atoms with Crippen molar-refractivity contribution in [2.75, 3.05) is 18.4 Å². The number of nitrogens with zero attached hydrogens (tertiary/aromatic N) is 2. The summed E-state index contributed by atoms with van der Waals surface area (Å²) < 4.78 is 0. The number of hydrogen-bond donors (Lipinski definition) is 1. The average Bonchev–Trinajstić information content (AvgIpc) is 3.04. The second-order valence-corrected chi connectivity index (χ2v) is 7.41. The Morgan fingerprint density at radius 2 is 2.29 bits per heavy atom. The number of carbonyl (C=O) groups is 2. The number of thiazole rings is 1. The molecule has 0 saturated carbocycles. The fourth-order valence-electron chi connectivity index (χ4n) is 3.02. The van der Waals surface area contributed by atoms with Crippen LogP contribution in [0, 0.1) is 11.8 Å². The van der Waals surface area contributed by atoms with E-state index in [1.165, 1.54) is 11.3 Å². The molecule has 1 aromatic rings. The highest BCUT2D eigenvalue weighted by atomic mass is 32.1. The monoisotopic (exact) mass is 307 g/mol. The van der Waals surface area contributed by atoms with E-state index in [-0.39, 0.29) is 17.7 Å². The van der Waals surface area contributed by atoms with Crippen LogP contribution < -0.4 is 5.32 Å². The van der Waals surface area contributed by atoms with E-state index in [9.17, 15) is 9.59 Å². The van der Waals surface area contributed by atoms with Crippen LogP contribution in [0.25, 0.3) is 0 Å². The number of likely N-dealkylation sites (tertiary alicyclic amines) is 1. The number of anilines is 1. The molecule has 21 heavy (non-hydrogen) atoms. The predicted octanol–water partition coefficient (Wildman–Crippen LogP) is 2.07. The molecule has 1 atom stereocenters. The van der Waals surface area contributed by atoms with E-state index < -0.39 is 0 Å². The summed E-state index contributed by atoms with van der Waals surface area (Å²) in [6.07, 6.45) is 3.59. The maximum atomic E-state index is 12.3. The van der Waals surface area contributed by atoms with E-state index in [0.717, 1.165) is 25.1 Å². The maximum Gasteiger partial charge on any atom is 0.231 e. The van der Waals surface area contributed by atoms with Gasteiger partial charge in [0.15, 0.2) is 5.13 Å². The molecule has 2 aliphatic rings. The van der Waals surface area contributed by atoms with Gasteiger partial charge in [-0.15, -0.1) is 11.3 Å². The summed E-state index contributed by atoms with van der Waals surface area (Å²) in [6.45, 7) is 5.43. The molecule has 0 bridgehead atoms. The Morgan fingerprint density at radius 3 is 3.00 bits per heavy atom. The molecular formula is C15H21N3O2S. The Kier molecular flexibility index (Phi) is 3.97. The molecule has 114 valence electrons. The largest absolute Gasteiger partial charge is 0.342 e. The van der Waals surface area contributed by atoms with Gasteiger partial charge in [0, 0.05) is 24.4 Å². The van der Waals surface area contributed by atoms with E-state index in [1.807, 2.05) is 0 Å². The summed E-state index contributed by atoms with van der Waals surface area (Å²) >= 11 is 1.58. The van der Waals surface area contributed by atoms with Crippen LogP contribution in [0.2, 0.25) is 0 Å². The SMILES string of the molecule is CC(C)CN1CC(C(=O)Nc2nc3c(s2)CCC3)CC1=O. The van der Waals surface area contributed by atoms with Crippen LogP contribution in [0.5, 0.6) is 0 Å². The van der Waals surface area contributed by atoms with Gasteiger partial charge in [-0.3, -0.25) is 9.59 Å². The van der Waals surface area contributed by atoms with E-state index in [1.54, 1.807) is 16.2 Å². The van der Waals surface area contributed by atoms with Crippen molar-refractivity contribution in [1.82, 2.24) is 9.88 Å². The van der Waals surface area contributed by atoms with Gasteiger partial charge in [-0.25, -0.2) is 4.98 Å². The smallest absolute Gasteiger partial charge is 0.231 e. The van der Waals surface area contributed by atoms with E-state index in [0.29, 0.717) is 24.0 Å². The minimum absolute atomic E-state index is 0.0676. The summed E-state index contributed by atoms with van der Waals surface area (Å²) in [4.78, 5) is 31.8. The minimum Gasteiger partial charge on any atom is -0.342 e. The van der Waals surface area contributed by atoms with Gasteiger partial charge in [0.05, 0.1) is 11.6 Å². The summed E-state index contributed by atoms with van der Waals surface area (Å²) in [5, 5.41) is 3.59. The lowest BCUT2D eigenvalue weighted by Crippen LogP contribution is -2.31. The molecule has 1 fully saturated rings. The Balaban J connectivity index is 1.59. The quantitative estimate of drug-likeness (QED) is 0.926. The van der Waals surface area contributed by atoms with Crippen LogP contribution in [-0.4, -0.2) is 34.8 Å². The number of nitrogens with one attached hydrogen (secondary N) is 1. The molecule has 1 aromatic heterocycles. The molecule has 1 aliphatic carbocycles. The number of aryl methyl sites for hydroxylation is 2. The molecule has 6 heteroatoms. The van der Waals surface area contributed by atoms with Gasteiger partial charge in [-0.05, 0) is 25.2 Å². The van der Waals surface area contributed by atoms with E-state index >= 15 is 0 Å². The van der Waals surface area contributed by atoms with Crippen LogP contribution in [0.1, 0.15) is 37.3 Å². The van der Waals surface area contributed by atoms with Crippen molar-refractivity contribution in [3.05, 3.63) is 10.6 Å². The molecule has 2 amide bonds. The third-order valence-electron chi connectivity index (χ3n) is 4.00. The number of aromatic nitrogens is 1. The molecule has 3 rings (SSSR count). The lowest BCUT2D eigenvalue weighted by atomic mass is 10.1. The van der Waals surface area contributed by atoms with Gasteiger partial charge in [0.2, 0.25) is 11.8 Å². The van der Waals surface area contributed by atoms with Crippen molar-refractivity contribution in [3.8, 4) is 0 Å². The first kappa shape index (κ1) is 14.5. The third-order valence-corrected chi connectivity index (χ3v) is 5.07. The fraction of sp³-hybridized carbons (Fsp3) is 0.667. The normalized spacial score (nSPS) is 21.2. The lowest BCUT2D eigenvalue weighted by molar-refractivity contribution is -0.128. The molecule has 1 aliphatic heterocycles. The zero-order valence-electron chi connectivity index (χ0n) is 12.5. The highest BCUT2D eigenvalue weighted by molar-refractivity contribution is 7.15. The number of rotatable bonds is 4. The second kappa shape index (κ2) is 5.75. The van der Waals surface area contributed by atoms with Crippen LogP contribution in [-0.2, 0) is 22.4 Å².